The minimum Gasteiger partial charge on any atom is -0.493 e. The summed E-state index contributed by atoms with van der Waals surface area (Å²) in [5, 5.41) is 3.90. The molecule has 21 heavy (non-hydrogen) atoms. The molecule has 112 valence electrons. The molecule has 2 N–H and O–H groups in total. The SMILES string of the molecule is COc1ccnc(COC(=O)Cn2ccc(N)n2)c1OC. The Morgan fingerprint density at radius 2 is 2.14 bits per heavy atom. The molecular formula is C13H16N4O4. The number of ether oxygens (including phenoxy) is 3. The van der Waals surface area contributed by atoms with E-state index in [2.05, 4.69) is 10.1 Å². The van der Waals surface area contributed by atoms with Crippen molar-refractivity contribution in [2.75, 3.05) is 20.0 Å². The third-order valence-corrected chi connectivity index (χ3v) is 2.69. The van der Waals surface area contributed by atoms with Crippen molar-refractivity contribution in [3.05, 3.63) is 30.2 Å². The highest BCUT2D eigenvalue weighted by atomic mass is 16.5. The molecule has 2 heterocycles. The lowest BCUT2D eigenvalue weighted by Crippen LogP contribution is -2.14. The molecule has 0 aliphatic rings. The van der Waals surface area contributed by atoms with Crippen LogP contribution in [0.5, 0.6) is 11.5 Å². The Morgan fingerprint density at radius 1 is 1.33 bits per heavy atom. The summed E-state index contributed by atoms with van der Waals surface area (Å²) >= 11 is 0. The molecule has 0 amide bonds. The van der Waals surface area contributed by atoms with Gasteiger partial charge in [0, 0.05) is 18.5 Å². The molecule has 0 fully saturated rings. The quantitative estimate of drug-likeness (QED) is 0.779. The lowest BCUT2D eigenvalue weighted by molar-refractivity contribution is -0.146. The second kappa shape index (κ2) is 6.60. The number of carbonyl (C=O) groups excluding carboxylic acids is 1. The number of hydrogen-bond acceptors (Lipinski definition) is 7. The summed E-state index contributed by atoms with van der Waals surface area (Å²) in [5.74, 6) is 0.859. The van der Waals surface area contributed by atoms with Crippen LogP contribution in [0, 0.1) is 0 Å². The number of nitrogens with two attached hydrogens (primary N) is 1. The van der Waals surface area contributed by atoms with Crippen molar-refractivity contribution in [1.82, 2.24) is 14.8 Å². The number of pyridine rings is 1. The molecule has 8 nitrogen and oxygen atoms in total. The molecule has 0 saturated heterocycles. The number of aromatic nitrogens is 3. The van der Waals surface area contributed by atoms with Gasteiger partial charge < -0.3 is 19.9 Å². The molecule has 0 aromatic carbocycles. The predicted octanol–water partition coefficient (Wildman–Crippen LogP) is 0.621. The largest absolute Gasteiger partial charge is 0.493 e. The van der Waals surface area contributed by atoms with E-state index in [4.69, 9.17) is 19.9 Å². The van der Waals surface area contributed by atoms with Gasteiger partial charge >= 0.3 is 5.97 Å². The van der Waals surface area contributed by atoms with E-state index in [-0.39, 0.29) is 13.2 Å². The number of rotatable bonds is 6. The summed E-state index contributed by atoms with van der Waals surface area (Å²) in [6.07, 6.45) is 3.15. The number of esters is 1. The minimum absolute atomic E-state index is 0.0179. The zero-order valence-corrected chi connectivity index (χ0v) is 11.8. The molecule has 0 aliphatic heterocycles. The Morgan fingerprint density at radius 3 is 2.76 bits per heavy atom. The predicted molar refractivity (Wildman–Crippen MR) is 73.8 cm³/mol. The topological polar surface area (TPSA) is 101 Å². The average Bonchev–Trinajstić information content (AvgIpc) is 2.89. The summed E-state index contributed by atoms with van der Waals surface area (Å²) in [5.41, 5.74) is 5.94. The maximum atomic E-state index is 11.7. The van der Waals surface area contributed by atoms with Gasteiger partial charge in [0.2, 0.25) is 0 Å². The zero-order valence-electron chi connectivity index (χ0n) is 11.8. The molecule has 0 unspecified atom stereocenters. The van der Waals surface area contributed by atoms with Gasteiger partial charge in [-0.05, 0) is 6.07 Å². The number of nitrogens with zero attached hydrogens (tertiary/aromatic N) is 3. The minimum atomic E-state index is -0.454. The van der Waals surface area contributed by atoms with E-state index in [1.54, 1.807) is 24.5 Å². The Kier molecular flexibility index (Phi) is 4.60. The maximum absolute atomic E-state index is 11.7. The second-order valence-corrected chi connectivity index (χ2v) is 4.09. The Hall–Kier alpha value is -2.77. The van der Waals surface area contributed by atoms with Crippen molar-refractivity contribution >= 4 is 11.8 Å². The monoisotopic (exact) mass is 292 g/mol. The summed E-state index contributed by atoms with van der Waals surface area (Å²) in [6.45, 7) is -0.0422. The van der Waals surface area contributed by atoms with Crippen LogP contribution in [0.2, 0.25) is 0 Å². The summed E-state index contributed by atoms with van der Waals surface area (Å²) in [7, 11) is 3.02. The normalized spacial score (nSPS) is 10.2. The number of anilines is 1. The van der Waals surface area contributed by atoms with Crippen LogP contribution in [0.4, 0.5) is 5.82 Å². The number of nitrogen functional groups attached to an aromatic ring is 1. The third kappa shape index (κ3) is 3.62. The number of hydrogen-bond donors (Lipinski definition) is 1. The Labute approximate surface area is 121 Å². The van der Waals surface area contributed by atoms with E-state index in [1.165, 1.54) is 18.9 Å². The lowest BCUT2D eigenvalue weighted by atomic mass is 10.3. The molecule has 2 aromatic rings. The molecule has 2 rings (SSSR count). The van der Waals surface area contributed by atoms with Crippen LogP contribution in [-0.4, -0.2) is 35.0 Å². The van der Waals surface area contributed by atoms with Crippen LogP contribution in [0.15, 0.2) is 24.5 Å². The first-order valence-electron chi connectivity index (χ1n) is 6.14. The van der Waals surface area contributed by atoms with E-state index in [0.29, 0.717) is 23.0 Å². The van der Waals surface area contributed by atoms with Gasteiger partial charge in [-0.1, -0.05) is 0 Å². The highest BCUT2D eigenvalue weighted by molar-refractivity contribution is 5.69. The van der Waals surface area contributed by atoms with Gasteiger partial charge in [0.25, 0.3) is 0 Å². The Balaban J connectivity index is 1.98. The summed E-state index contributed by atoms with van der Waals surface area (Å²) in [4.78, 5) is 15.8. The van der Waals surface area contributed by atoms with Crippen molar-refractivity contribution in [2.24, 2.45) is 0 Å². The highest BCUT2D eigenvalue weighted by Crippen LogP contribution is 2.29. The fourth-order valence-electron chi connectivity index (χ4n) is 1.75. The van der Waals surface area contributed by atoms with Crippen LogP contribution in [0.25, 0.3) is 0 Å². The molecule has 8 heteroatoms. The molecule has 0 spiro atoms. The van der Waals surface area contributed by atoms with Crippen molar-refractivity contribution in [3.63, 3.8) is 0 Å². The van der Waals surface area contributed by atoms with Crippen LogP contribution >= 0.6 is 0 Å². The fraction of sp³-hybridized carbons (Fsp3) is 0.308. The van der Waals surface area contributed by atoms with Crippen LogP contribution in [-0.2, 0) is 22.7 Å². The molecule has 0 atom stereocenters. The number of methoxy groups -OCH3 is 2. The molecule has 0 saturated carbocycles. The van der Waals surface area contributed by atoms with E-state index in [0.717, 1.165) is 0 Å². The summed E-state index contributed by atoms with van der Waals surface area (Å²) < 4.78 is 16.9. The molecule has 0 bridgehead atoms. The van der Waals surface area contributed by atoms with E-state index in [9.17, 15) is 4.79 Å². The standard InChI is InChI=1S/C13H16N4O4/c1-19-10-3-5-15-9(13(10)20-2)8-21-12(18)7-17-6-4-11(14)16-17/h3-6H,7-8H2,1-2H3,(H2,14,16). The van der Waals surface area contributed by atoms with Gasteiger partial charge in [-0.3, -0.25) is 14.5 Å². The van der Waals surface area contributed by atoms with Gasteiger partial charge in [0.15, 0.2) is 11.5 Å². The Bertz CT molecular complexity index is 626. The smallest absolute Gasteiger partial charge is 0.328 e. The zero-order chi connectivity index (χ0) is 15.2. The lowest BCUT2D eigenvalue weighted by Gasteiger charge is -2.11. The average molecular weight is 292 g/mol. The van der Waals surface area contributed by atoms with Crippen LogP contribution < -0.4 is 15.2 Å². The van der Waals surface area contributed by atoms with E-state index >= 15 is 0 Å². The van der Waals surface area contributed by atoms with Gasteiger partial charge in [0.1, 0.15) is 24.7 Å². The fourth-order valence-corrected chi connectivity index (χ4v) is 1.75. The van der Waals surface area contributed by atoms with E-state index < -0.39 is 5.97 Å². The third-order valence-electron chi connectivity index (χ3n) is 2.69. The molecule has 2 aromatic heterocycles. The first kappa shape index (κ1) is 14.6. The second-order valence-electron chi connectivity index (χ2n) is 4.09. The van der Waals surface area contributed by atoms with Crippen molar-refractivity contribution < 1.29 is 19.0 Å². The van der Waals surface area contributed by atoms with Crippen molar-refractivity contribution in [1.29, 1.82) is 0 Å². The van der Waals surface area contributed by atoms with Crippen molar-refractivity contribution in [3.8, 4) is 11.5 Å². The molecule has 0 radical (unpaired) electrons. The molecule has 0 aliphatic carbocycles. The first-order chi connectivity index (χ1) is 10.1. The highest BCUT2D eigenvalue weighted by Gasteiger charge is 2.13. The maximum Gasteiger partial charge on any atom is 0.328 e. The van der Waals surface area contributed by atoms with Crippen LogP contribution in [0.3, 0.4) is 0 Å². The summed E-state index contributed by atoms with van der Waals surface area (Å²) in [6, 6.07) is 3.26. The number of carbonyl (C=O) groups is 1. The van der Waals surface area contributed by atoms with Crippen LogP contribution in [0.1, 0.15) is 5.69 Å². The van der Waals surface area contributed by atoms with E-state index in [1.807, 2.05) is 0 Å². The first-order valence-corrected chi connectivity index (χ1v) is 6.14. The van der Waals surface area contributed by atoms with Gasteiger partial charge in [-0.25, -0.2) is 0 Å². The van der Waals surface area contributed by atoms with Gasteiger partial charge in [-0.15, -0.1) is 0 Å². The van der Waals surface area contributed by atoms with Gasteiger partial charge in [-0.2, -0.15) is 5.10 Å². The van der Waals surface area contributed by atoms with Crippen molar-refractivity contribution in [2.45, 2.75) is 13.2 Å². The van der Waals surface area contributed by atoms with Gasteiger partial charge in [0.05, 0.1) is 14.2 Å². The molecular weight excluding hydrogens is 276 g/mol.